The van der Waals surface area contributed by atoms with Gasteiger partial charge < -0.3 is 10.4 Å². The van der Waals surface area contributed by atoms with Crippen molar-refractivity contribution in [2.45, 2.75) is 37.8 Å². The fraction of sp³-hybridized carbons (Fsp3) is 0.333. The normalized spacial score (nSPS) is 21.0. The van der Waals surface area contributed by atoms with Gasteiger partial charge in [0.25, 0.3) is 5.91 Å². The van der Waals surface area contributed by atoms with Gasteiger partial charge in [-0.1, -0.05) is 36.6 Å². The Kier molecular flexibility index (Phi) is 4.94. The van der Waals surface area contributed by atoms with E-state index in [1.54, 1.807) is 18.3 Å². The number of aromatic nitrogens is 1. The Morgan fingerprint density at radius 1 is 1.22 bits per heavy atom. The standard InChI is InChI=1S/C18H19ClN2O2/c19-14-9-8-12(15-5-3-4-10-20-15)11-13(14)18(23)21-16-6-1-2-7-17(16)22/h3-5,8-11,16-17,22H,1-2,6-7H2,(H,21,23). The molecule has 0 bridgehead atoms. The van der Waals surface area contributed by atoms with E-state index in [0.29, 0.717) is 10.6 Å². The zero-order valence-corrected chi connectivity index (χ0v) is 13.5. The lowest BCUT2D eigenvalue weighted by Gasteiger charge is -2.28. The average Bonchev–Trinajstić information content (AvgIpc) is 2.58. The van der Waals surface area contributed by atoms with Gasteiger partial charge in [0.05, 0.1) is 28.4 Å². The van der Waals surface area contributed by atoms with Gasteiger partial charge >= 0.3 is 0 Å². The summed E-state index contributed by atoms with van der Waals surface area (Å²) >= 11 is 6.19. The number of aliphatic hydroxyl groups is 1. The zero-order chi connectivity index (χ0) is 16.2. The molecule has 0 aliphatic heterocycles. The average molecular weight is 331 g/mol. The number of benzene rings is 1. The van der Waals surface area contributed by atoms with E-state index >= 15 is 0 Å². The monoisotopic (exact) mass is 330 g/mol. The van der Waals surface area contributed by atoms with Gasteiger partial charge in [0, 0.05) is 11.8 Å². The summed E-state index contributed by atoms with van der Waals surface area (Å²) in [6.07, 6.45) is 4.78. The van der Waals surface area contributed by atoms with E-state index in [9.17, 15) is 9.90 Å². The molecule has 2 unspecified atom stereocenters. The van der Waals surface area contributed by atoms with Gasteiger partial charge in [-0.05, 0) is 37.1 Å². The molecule has 4 nitrogen and oxygen atoms in total. The molecule has 2 aromatic rings. The van der Waals surface area contributed by atoms with Crippen LogP contribution in [0.4, 0.5) is 0 Å². The third-order valence-electron chi connectivity index (χ3n) is 4.22. The van der Waals surface area contributed by atoms with E-state index in [1.807, 2.05) is 24.3 Å². The van der Waals surface area contributed by atoms with Crippen molar-refractivity contribution in [3.05, 3.63) is 53.2 Å². The summed E-state index contributed by atoms with van der Waals surface area (Å²) in [6, 6.07) is 10.7. The number of nitrogens with one attached hydrogen (secondary N) is 1. The summed E-state index contributed by atoms with van der Waals surface area (Å²) in [5.74, 6) is -0.251. The molecule has 3 rings (SSSR count). The zero-order valence-electron chi connectivity index (χ0n) is 12.7. The van der Waals surface area contributed by atoms with Gasteiger partial charge in [0.15, 0.2) is 0 Å². The SMILES string of the molecule is O=C(NC1CCCCC1O)c1cc(-c2ccccn2)ccc1Cl. The second kappa shape index (κ2) is 7.11. The Bertz CT molecular complexity index is 691. The highest BCUT2D eigenvalue weighted by Gasteiger charge is 2.25. The molecule has 1 aliphatic rings. The van der Waals surface area contributed by atoms with Crippen LogP contribution in [-0.2, 0) is 0 Å². The minimum atomic E-state index is -0.481. The first-order chi connectivity index (χ1) is 11.1. The molecule has 1 aromatic carbocycles. The summed E-state index contributed by atoms with van der Waals surface area (Å²) in [5, 5.41) is 13.3. The number of carbonyl (C=O) groups is 1. The van der Waals surface area contributed by atoms with Crippen LogP contribution in [0.25, 0.3) is 11.3 Å². The topological polar surface area (TPSA) is 62.2 Å². The van der Waals surface area contributed by atoms with Crippen molar-refractivity contribution >= 4 is 17.5 Å². The fourth-order valence-electron chi connectivity index (χ4n) is 2.92. The molecule has 1 saturated carbocycles. The van der Waals surface area contributed by atoms with Crippen LogP contribution in [-0.4, -0.2) is 28.1 Å². The van der Waals surface area contributed by atoms with E-state index in [-0.39, 0.29) is 11.9 Å². The largest absolute Gasteiger partial charge is 0.391 e. The number of rotatable bonds is 3. The van der Waals surface area contributed by atoms with Crippen LogP contribution >= 0.6 is 11.6 Å². The van der Waals surface area contributed by atoms with Gasteiger partial charge in [-0.2, -0.15) is 0 Å². The predicted octanol–water partition coefficient (Wildman–Crippen LogP) is 3.44. The van der Waals surface area contributed by atoms with Crippen molar-refractivity contribution < 1.29 is 9.90 Å². The smallest absolute Gasteiger partial charge is 0.253 e. The fourth-order valence-corrected chi connectivity index (χ4v) is 3.12. The minimum absolute atomic E-state index is 0.203. The number of hydrogen-bond acceptors (Lipinski definition) is 3. The third-order valence-corrected chi connectivity index (χ3v) is 4.55. The van der Waals surface area contributed by atoms with Gasteiger partial charge in [0.2, 0.25) is 0 Å². The quantitative estimate of drug-likeness (QED) is 0.906. The number of nitrogens with zero attached hydrogens (tertiary/aromatic N) is 1. The highest BCUT2D eigenvalue weighted by molar-refractivity contribution is 6.34. The maximum atomic E-state index is 12.5. The molecule has 0 spiro atoms. The number of carbonyl (C=O) groups excluding carboxylic acids is 1. The number of amides is 1. The first kappa shape index (κ1) is 16.0. The van der Waals surface area contributed by atoms with Crippen LogP contribution < -0.4 is 5.32 Å². The number of aliphatic hydroxyl groups excluding tert-OH is 1. The summed E-state index contributed by atoms with van der Waals surface area (Å²) in [4.78, 5) is 16.8. The van der Waals surface area contributed by atoms with Crippen LogP contribution in [0.5, 0.6) is 0 Å². The number of halogens is 1. The third kappa shape index (κ3) is 3.71. The van der Waals surface area contributed by atoms with Crippen LogP contribution in [0.1, 0.15) is 36.0 Å². The molecular formula is C18H19ClN2O2. The molecule has 1 fully saturated rings. The maximum absolute atomic E-state index is 12.5. The van der Waals surface area contributed by atoms with Crippen molar-refractivity contribution in [2.24, 2.45) is 0 Å². The summed E-state index contributed by atoms with van der Waals surface area (Å²) in [7, 11) is 0. The molecule has 0 saturated heterocycles. The minimum Gasteiger partial charge on any atom is -0.391 e. The Labute approximate surface area is 140 Å². The van der Waals surface area contributed by atoms with Crippen molar-refractivity contribution in [1.82, 2.24) is 10.3 Å². The van der Waals surface area contributed by atoms with Crippen molar-refractivity contribution in [3.63, 3.8) is 0 Å². The first-order valence-electron chi connectivity index (χ1n) is 7.85. The summed E-state index contributed by atoms with van der Waals surface area (Å²) in [6.45, 7) is 0. The van der Waals surface area contributed by atoms with Crippen LogP contribution in [0.15, 0.2) is 42.6 Å². The highest BCUT2D eigenvalue weighted by Crippen LogP contribution is 2.25. The number of hydrogen-bond donors (Lipinski definition) is 2. The molecule has 2 N–H and O–H groups in total. The van der Waals surface area contributed by atoms with Gasteiger partial charge in [0.1, 0.15) is 0 Å². The Morgan fingerprint density at radius 2 is 2.04 bits per heavy atom. The van der Waals surface area contributed by atoms with E-state index in [0.717, 1.165) is 36.9 Å². The molecule has 23 heavy (non-hydrogen) atoms. The van der Waals surface area contributed by atoms with Crippen molar-refractivity contribution in [3.8, 4) is 11.3 Å². The van der Waals surface area contributed by atoms with Crippen molar-refractivity contribution in [1.29, 1.82) is 0 Å². The van der Waals surface area contributed by atoms with Gasteiger partial charge in [-0.3, -0.25) is 9.78 Å². The summed E-state index contributed by atoms with van der Waals surface area (Å²) < 4.78 is 0. The lowest BCUT2D eigenvalue weighted by molar-refractivity contribution is 0.0717. The molecule has 1 amide bonds. The molecule has 1 aliphatic carbocycles. The van der Waals surface area contributed by atoms with E-state index < -0.39 is 6.10 Å². The second-order valence-corrected chi connectivity index (χ2v) is 6.25. The molecular weight excluding hydrogens is 312 g/mol. The first-order valence-corrected chi connectivity index (χ1v) is 8.23. The van der Waals surface area contributed by atoms with Gasteiger partial charge in [-0.25, -0.2) is 0 Å². The van der Waals surface area contributed by atoms with Crippen LogP contribution in [0.3, 0.4) is 0 Å². The van der Waals surface area contributed by atoms with Crippen LogP contribution in [0, 0.1) is 0 Å². The molecule has 0 radical (unpaired) electrons. The predicted molar refractivity (Wildman–Crippen MR) is 90.4 cm³/mol. The van der Waals surface area contributed by atoms with Gasteiger partial charge in [-0.15, -0.1) is 0 Å². The molecule has 1 heterocycles. The highest BCUT2D eigenvalue weighted by atomic mass is 35.5. The lowest BCUT2D eigenvalue weighted by Crippen LogP contribution is -2.45. The number of pyridine rings is 1. The molecule has 5 heteroatoms. The lowest BCUT2D eigenvalue weighted by atomic mass is 9.92. The Morgan fingerprint density at radius 3 is 2.78 bits per heavy atom. The van der Waals surface area contributed by atoms with Crippen LogP contribution in [0.2, 0.25) is 5.02 Å². The molecule has 120 valence electrons. The maximum Gasteiger partial charge on any atom is 0.253 e. The Balaban J connectivity index is 1.82. The summed E-state index contributed by atoms with van der Waals surface area (Å²) in [5.41, 5.74) is 2.04. The van der Waals surface area contributed by atoms with E-state index in [4.69, 9.17) is 11.6 Å². The van der Waals surface area contributed by atoms with Crippen molar-refractivity contribution in [2.75, 3.05) is 0 Å². The Hall–Kier alpha value is -1.91. The molecule has 1 aromatic heterocycles. The molecule has 2 atom stereocenters. The van der Waals surface area contributed by atoms with E-state index in [1.165, 1.54) is 0 Å². The second-order valence-electron chi connectivity index (χ2n) is 5.84. The van der Waals surface area contributed by atoms with E-state index in [2.05, 4.69) is 10.3 Å².